The van der Waals surface area contributed by atoms with Crippen molar-refractivity contribution in [2.75, 3.05) is 5.32 Å². The summed E-state index contributed by atoms with van der Waals surface area (Å²) in [7, 11) is 1.78. The van der Waals surface area contributed by atoms with Crippen molar-refractivity contribution in [1.29, 1.82) is 0 Å². The number of rotatable bonds is 4. The van der Waals surface area contributed by atoms with E-state index in [1.165, 1.54) is 5.56 Å². The summed E-state index contributed by atoms with van der Waals surface area (Å²) in [5, 5.41) is 6.97. The SMILES string of the molecule is CC[C@@H](C)c1ccc(NC(=O)c2nn(C)cc2Br)cc1. The van der Waals surface area contributed by atoms with Gasteiger partial charge < -0.3 is 5.32 Å². The van der Waals surface area contributed by atoms with Crippen molar-refractivity contribution >= 4 is 27.5 Å². The van der Waals surface area contributed by atoms with Gasteiger partial charge in [0, 0.05) is 18.9 Å². The van der Waals surface area contributed by atoms with Gasteiger partial charge in [-0.3, -0.25) is 9.48 Å². The quantitative estimate of drug-likeness (QED) is 0.919. The van der Waals surface area contributed by atoms with Crippen molar-refractivity contribution in [3.63, 3.8) is 0 Å². The highest BCUT2D eigenvalue weighted by Crippen LogP contribution is 2.21. The number of halogens is 1. The number of benzene rings is 1. The van der Waals surface area contributed by atoms with E-state index in [4.69, 9.17) is 0 Å². The molecule has 0 aliphatic rings. The fourth-order valence-electron chi connectivity index (χ4n) is 1.93. The zero-order chi connectivity index (χ0) is 14.7. The molecule has 0 spiro atoms. The van der Waals surface area contributed by atoms with Gasteiger partial charge in [-0.15, -0.1) is 0 Å². The summed E-state index contributed by atoms with van der Waals surface area (Å²) in [5.41, 5.74) is 2.45. The van der Waals surface area contributed by atoms with Crippen LogP contribution in [0.5, 0.6) is 0 Å². The number of amides is 1. The number of nitrogens with zero attached hydrogens (tertiary/aromatic N) is 2. The van der Waals surface area contributed by atoms with Gasteiger partial charge in [0.2, 0.25) is 0 Å². The molecule has 1 N–H and O–H groups in total. The van der Waals surface area contributed by atoms with Crippen LogP contribution in [0.15, 0.2) is 34.9 Å². The van der Waals surface area contributed by atoms with Crippen molar-refractivity contribution in [3.05, 3.63) is 46.2 Å². The first-order valence-corrected chi connectivity index (χ1v) is 7.41. The first kappa shape index (κ1) is 14.8. The third-order valence-corrected chi connectivity index (χ3v) is 3.93. The van der Waals surface area contributed by atoms with Crippen LogP contribution in [0.3, 0.4) is 0 Å². The summed E-state index contributed by atoms with van der Waals surface area (Å²) in [4.78, 5) is 12.1. The molecule has 1 amide bonds. The molecule has 4 nitrogen and oxygen atoms in total. The molecule has 1 atom stereocenters. The predicted octanol–water partition coefficient (Wildman–Crippen LogP) is 3.95. The third kappa shape index (κ3) is 3.28. The van der Waals surface area contributed by atoms with E-state index in [-0.39, 0.29) is 5.91 Å². The van der Waals surface area contributed by atoms with Crippen molar-refractivity contribution < 1.29 is 4.79 Å². The lowest BCUT2D eigenvalue weighted by Crippen LogP contribution is -2.13. The van der Waals surface area contributed by atoms with E-state index >= 15 is 0 Å². The van der Waals surface area contributed by atoms with Gasteiger partial charge >= 0.3 is 0 Å². The maximum absolute atomic E-state index is 12.1. The second-order valence-electron chi connectivity index (χ2n) is 4.88. The lowest BCUT2D eigenvalue weighted by Gasteiger charge is -2.10. The largest absolute Gasteiger partial charge is 0.321 e. The van der Waals surface area contributed by atoms with Gasteiger partial charge in [0.05, 0.1) is 4.47 Å². The number of carbonyl (C=O) groups is 1. The van der Waals surface area contributed by atoms with Gasteiger partial charge in [0.25, 0.3) is 5.91 Å². The minimum atomic E-state index is -0.214. The highest BCUT2D eigenvalue weighted by molar-refractivity contribution is 9.10. The Kier molecular flexibility index (Phi) is 4.60. The molecular weight excluding hydrogens is 318 g/mol. The molecule has 106 valence electrons. The van der Waals surface area contributed by atoms with Crippen molar-refractivity contribution in [2.45, 2.75) is 26.2 Å². The normalized spacial score (nSPS) is 12.2. The van der Waals surface area contributed by atoms with Crippen molar-refractivity contribution in [3.8, 4) is 0 Å². The predicted molar refractivity (Wildman–Crippen MR) is 84.0 cm³/mol. The van der Waals surface area contributed by atoms with Crippen LogP contribution < -0.4 is 5.32 Å². The molecule has 0 saturated heterocycles. The average Bonchev–Trinajstić information content (AvgIpc) is 2.78. The number of carbonyl (C=O) groups excluding carboxylic acids is 1. The van der Waals surface area contributed by atoms with Crippen molar-refractivity contribution in [2.24, 2.45) is 7.05 Å². The Labute approximate surface area is 127 Å². The maximum Gasteiger partial charge on any atom is 0.277 e. The molecule has 0 saturated carbocycles. The average molecular weight is 336 g/mol. The Hall–Kier alpha value is -1.62. The van der Waals surface area contributed by atoms with Gasteiger partial charge in [-0.25, -0.2) is 0 Å². The van der Waals surface area contributed by atoms with E-state index in [1.54, 1.807) is 17.9 Å². The van der Waals surface area contributed by atoms with E-state index < -0.39 is 0 Å². The summed E-state index contributed by atoms with van der Waals surface area (Å²) in [6.45, 7) is 4.36. The van der Waals surface area contributed by atoms with E-state index in [0.717, 1.165) is 12.1 Å². The van der Waals surface area contributed by atoms with Crippen LogP contribution in [0.4, 0.5) is 5.69 Å². The fraction of sp³-hybridized carbons (Fsp3) is 0.333. The molecule has 1 aromatic heterocycles. The van der Waals surface area contributed by atoms with E-state index in [1.807, 2.05) is 12.1 Å². The van der Waals surface area contributed by atoms with Gasteiger partial charge in [0.1, 0.15) is 0 Å². The number of aromatic nitrogens is 2. The molecular formula is C15H18BrN3O. The Morgan fingerprint density at radius 3 is 2.55 bits per heavy atom. The molecule has 0 fully saturated rings. The maximum atomic E-state index is 12.1. The van der Waals surface area contributed by atoms with Gasteiger partial charge in [-0.1, -0.05) is 26.0 Å². The zero-order valence-corrected chi connectivity index (χ0v) is 13.4. The van der Waals surface area contributed by atoms with Crippen LogP contribution in [0.1, 0.15) is 42.2 Å². The Morgan fingerprint density at radius 2 is 2.05 bits per heavy atom. The molecule has 0 bridgehead atoms. The zero-order valence-electron chi connectivity index (χ0n) is 11.9. The third-order valence-electron chi connectivity index (χ3n) is 3.35. The van der Waals surface area contributed by atoms with E-state index in [0.29, 0.717) is 16.1 Å². The van der Waals surface area contributed by atoms with E-state index in [9.17, 15) is 4.79 Å². The van der Waals surface area contributed by atoms with Crippen LogP contribution in [-0.2, 0) is 7.05 Å². The molecule has 1 heterocycles. The topological polar surface area (TPSA) is 46.9 Å². The molecule has 0 unspecified atom stereocenters. The van der Waals surface area contributed by atoms with E-state index in [2.05, 4.69) is 52.3 Å². The molecule has 2 rings (SSSR count). The minimum Gasteiger partial charge on any atom is -0.321 e. The highest BCUT2D eigenvalue weighted by atomic mass is 79.9. The summed E-state index contributed by atoms with van der Waals surface area (Å²) < 4.78 is 2.29. The highest BCUT2D eigenvalue weighted by Gasteiger charge is 2.14. The lowest BCUT2D eigenvalue weighted by atomic mass is 9.99. The number of aryl methyl sites for hydroxylation is 1. The number of hydrogen-bond donors (Lipinski definition) is 1. The van der Waals surface area contributed by atoms with Crippen LogP contribution in [0.25, 0.3) is 0 Å². The molecule has 20 heavy (non-hydrogen) atoms. The second kappa shape index (κ2) is 6.22. The summed E-state index contributed by atoms with van der Waals surface area (Å²) in [6, 6.07) is 7.96. The summed E-state index contributed by atoms with van der Waals surface area (Å²) in [5.74, 6) is 0.318. The summed E-state index contributed by atoms with van der Waals surface area (Å²) >= 11 is 3.33. The Morgan fingerprint density at radius 1 is 1.40 bits per heavy atom. The Balaban J connectivity index is 2.10. The molecule has 5 heteroatoms. The van der Waals surface area contributed by atoms with Crippen LogP contribution >= 0.6 is 15.9 Å². The number of hydrogen-bond acceptors (Lipinski definition) is 2. The molecule has 0 aliphatic heterocycles. The summed E-state index contributed by atoms with van der Waals surface area (Å²) in [6.07, 6.45) is 2.85. The fourth-order valence-corrected chi connectivity index (χ4v) is 2.49. The molecule has 1 aromatic carbocycles. The molecule has 0 radical (unpaired) electrons. The first-order valence-electron chi connectivity index (χ1n) is 6.61. The molecule has 2 aromatic rings. The lowest BCUT2D eigenvalue weighted by molar-refractivity contribution is 0.102. The number of nitrogens with one attached hydrogen (secondary N) is 1. The number of anilines is 1. The molecule has 0 aliphatic carbocycles. The minimum absolute atomic E-state index is 0.214. The standard InChI is InChI=1S/C15H18BrN3O/c1-4-10(2)11-5-7-12(8-6-11)17-15(20)14-13(16)9-19(3)18-14/h5-10H,4H2,1-3H3,(H,17,20)/t10-/m1/s1. The van der Waals surface area contributed by atoms with Crippen molar-refractivity contribution in [1.82, 2.24) is 9.78 Å². The smallest absolute Gasteiger partial charge is 0.277 e. The van der Waals surface area contributed by atoms with Crippen LogP contribution in [0.2, 0.25) is 0 Å². The van der Waals surface area contributed by atoms with Gasteiger partial charge in [0.15, 0.2) is 5.69 Å². The Bertz CT molecular complexity index is 604. The van der Waals surface area contributed by atoms with Crippen LogP contribution in [-0.4, -0.2) is 15.7 Å². The van der Waals surface area contributed by atoms with Gasteiger partial charge in [-0.05, 0) is 46.0 Å². The monoisotopic (exact) mass is 335 g/mol. The second-order valence-corrected chi connectivity index (χ2v) is 5.74. The van der Waals surface area contributed by atoms with Crippen LogP contribution in [0, 0.1) is 0 Å². The van der Waals surface area contributed by atoms with Gasteiger partial charge in [-0.2, -0.15) is 5.10 Å². The first-order chi connectivity index (χ1) is 9.51.